The number of urea groups is 1. The van der Waals surface area contributed by atoms with Gasteiger partial charge >= 0.3 is 6.03 Å². The smallest absolute Gasteiger partial charge is 0.325 e. The number of carbonyl (C=O) groups is 3. The number of rotatable bonds is 6. The Morgan fingerprint density at radius 3 is 1.97 bits per heavy atom. The van der Waals surface area contributed by atoms with Gasteiger partial charge in [-0.1, -0.05) is 90.5 Å². The van der Waals surface area contributed by atoms with E-state index in [0.717, 1.165) is 21.6 Å². The van der Waals surface area contributed by atoms with Crippen molar-refractivity contribution in [2.24, 2.45) is 0 Å². The Labute approximate surface area is 187 Å². The minimum Gasteiger partial charge on any atom is -0.344 e. The normalized spacial score (nSPS) is 18.0. The van der Waals surface area contributed by atoms with Crippen molar-refractivity contribution in [2.45, 2.75) is 25.4 Å². The summed E-state index contributed by atoms with van der Waals surface area (Å²) in [5, 5.41) is 5.72. The Bertz CT molecular complexity index is 1090. The number of nitrogens with zero attached hydrogens (tertiary/aromatic N) is 1. The molecule has 4 rings (SSSR count). The van der Waals surface area contributed by atoms with Crippen LogP contribution in [-0.4, -0.2) is 29.3 Å². The van der Waals surface area contributed by atoms with E-state index in [1.54, 1.807) is 6.92 Å². The van der Waals surface area contributed by atoms with Gasteiger partial charge in [0.15, 0.2) is 0 Å². The Hall–Kier alpha value is -3.93. The average Bonchev–Trinajstić information content (AvgIpc) is 3.03. The highest BCUT2D eigenvalue weighted by molar-refractivity contribution is 6.09. The fourth-order valence-electron chi connectivity index (χ4n) is 3.92. The molecule has 3 aromatic carbocycles. The van der Waals surface area contributed by atoms with Crippen molar-refractivity contribution in [1.82, 2.24) is 15.5 Å². The molecule has 0 saturated carbocycles. The molecule has 0 spiro atoms. The largest absolute Gasteiger partial charge is 0.344 e. The molecule has 0 aromatic heterocycles. The molecule has 1 aliphatic heterocycles. The number of nitrogens with one attached hydrogen (secondary N) is 2. The van der Waals surface area contributed by atoms with Gasteiger partial charge in [0.2, 0.25) is 5.91 Å². The minimum atomic E-state index is -1.21. The second-order valence-electron chi connectivity index (χ2n) is 8.13. The van der Waals surface area contributed by atoms with Crippen LogP contribution < -0.4 is 10.6 Å². The quantitative estimate of drug-likeness (QED) is 0.589. The third-order valence-corrected chi connectivity index (χ3v) is 5.78. The standard InChI is InChI=1S/C26H25N3O3/c1-18-13-15-21(16-14-18)26(2)24(31)29(25(32)28-26)17-22(30)27-23(19-9-5-3-6-10-19)20-11-7-4-8-12-20/h3-16,23H,17H2,1-2H3,(H,27,30)(H,28,32)/t26-/m1/s1. The van der Waals surface area contributed by atoms with Gasteiger partial charge in [0.1, 0.15) is 12.1 Å². The molecule has 162 valence electrons. The maximum absolute atomic E-state index is 13.1. The summed E-state index contributed by atoms with van der Waals surface area (Å²) < 4.78 is 0. The highest BCUT2D eigenvalue weighted by Gasteiger charge is 2.49. The van der Waals surface area contributed by atoms with Gasteiger partial charge in [-0.2, -0.15) is 0 Å². The van der Waals surface area contributed by atoms with Crippen LogP contribution in [-0.2, 0) is 15.1 Å². The van der Waals surface area contributed by atoms with Gasteiger partial charge in [0.25, 0.3) is 5.91 Å². The van der Waals surface area contributed by atoms with Crippen LogP contribution in [0.15, 0.2) is 84.9 Å². The molecule has 0 unspecified atom stereocenters. The Morgan fingerprint density at radius 2 is 1.44 bits per heavy atom. The van der Waals surface area contributed by atoms with Crippen LogP contribution in [0.4, 0.5) is 4.79 Å². The molecule has 1 atom stereocenters. The molecular weight excluding hydrogens is 402 g/mol. The molecule has 1 fully saturated rings. The monoisotopic (exact) mass is 427 g/mol. The summed E-state index contributed by atoms with van der Waals surface area (Å²) in [5.74, 6) is -0.864. The van der Waals surface area contributed by atoms with Crippen molar-refractivity contribution in [3.05, 3.63) is 107 Å². The number of amides is 4. The van der Waals surface area contributed by atoms with Gasteiger partial charge in [-0.05, 0) is 30.5 Å². The molecule has 2 N–H and O–H groups in total. The molecular formula is C26H25N3O3. The highest BCUT2D eigenvalue weighted by Crippen LogP contribution is 2.29. The van der Waals surface area contributed by atoms with Crippen LogP contribution >= 0.6 is 0 Å². The maximum Gasteiger partial charge on any atom is 0.325 e. The minimum absolute atomic E-state index is 0.359. The molecule has 32 heavy (non-hydrogen) atoms. The molecule has 0 radical (unpaired) electrons. The molecule has 6 heteroatoms. The van der Waals surface area contributed by atoms with Crippen molar-refractivity contribution in [3.8, 4) is 0 Å². The van der Waals surface area contributed by atoms with E-state index in [1.165, 1.54) is 0 Å². The van der Waals surface area contributed by atoms with Gasteiger partial charge in [0.05, 0.1) is 6.04 Å². The van der Waals surface area contributed by atoms with E-state index < -0.39 is 29.4 Å². The summed E-state index contributed by atoms with van der Waals surface area (Å²) in [6.07, 6.45) is 0. The lowest BCUT2D eigenvalue weighted by atomic mass is 9.91. The van der Waals surface area contributed by atoms with Gasteiger partial charge in [-0.3, -0.25) is 14.5 Å². The van der Waals surface area contributed by atoms with E-state index in [4.69, 9.17) is 0 Å². The van der Waals surface area contributed by atoms with Crippen molar-refractivity contribution in [2.75, 3.05) is 6.54 Å². The summed E-state index contributed by atoms with van der Waals surface area (Å²) in [5.41, 5.74) is 2.35. The summed E-state index contributed by atoms with van der Waals surface area (Å²) >= 11 is 0. The summed E-state index contributed by atoms with van der Waals surface area (Å²) in [4.78, 5) is 39.7. The molecule has 3 aromatic rings. The van der Waals surface area contributed by atoms with Crippen molar-refractivity contribution >= 4 is 17.8 Å². The number of carbonyl (C=O) groups excluding carboxylic acids is 3. The summed E-state index contributed by atoms with van der Waals surface area (Å²) in [6.45, 7) is 3.25. The second-order valence-corrected chi connectivity index (χ2v) is 8.13. The van der Waals surface area contributed by atoms with E-state index in [0.29, 0.717) is 5.56 Å². The SMILES string of the molecule is Cc1ccc([C@@]2(C)NC(=O)N(CC(=O)NC(c3ccccc3)c3ccccc3)C2=O)cc1. The summed E-state index contributed by atoms with van der Waals surface area (Å²) in [7, 11) is 0. The van der Waals surface area contributed by atoms with E-state index in [-0.39, 0.29) is 6.54 Å². The summed E-state index contributed by atoms with van der Waals surface area (Å²) in [6, 6.07) is 25.6. The van der Waals surface area contributed by atoms with Crippen molar-refractivity contribution < 1.29 is 14.4 Å². The topological polar surface area (TPSA) is 78.5 Å². The molecule has 6 nitrogen and oxygen atoms in total. The predicted molar refractivity (Wildman–Crippen MR) is 122 cm³/mol. The fraction of sp³-hybridized carbons (Fsp3) is 0.192. The average molecular weight is 428 g/mol. The lowest BCUT2D eigenvalue weighted by Gasteiger charge is -2.23. The van der Waals surface area contributed by atoms with Crippen LogP contribution in [0.1, 0.15) is 35.2 Å². The Kier molecular flexibility index (Phi) is 5.77. The maximum atomic E-state index is 13.1. The van der Waals surface area contributed by atoms with Crippen molar-refractivity contribution in [3.63, 3.8) is 0 Å². The third-order valence-electron chi connectivity index (χ3n) is 5.78. The first-order chi connectivity index (χ1) is 15.4. The van der Waals surface area contributed by atoms with Gasteiger partial charge < -0.3 is 10.6 Å². The van der Waals surface area contributed by atoms with Gasteiger partial charge in [0, 0.05) is 0 Å². The molecule has 4 amide bonds. The van der Waals surface area contributed by atoms with Crippen LogP contribution in [0.25, 0.3) is 0 Å². The van der Waals surface area contributed by atoms with Crippen LogP contribution in [0, 0.1) is 6.92 Å². The van der Waals surface area contributed by atoms with Crippen LogP contribution in [0.2, 0.25) is 0 Å². The first-order valence-electron chi connectivity index (χ1n) is 10.5. The number of imide groups is 1. The van der Waals surface area contributed by atoms with E-state index in [9.17, 15) is 14.4 Å². The Balaban J connectivity index is 1.53. The zero-order chi connectivity index (χ0) is 22.7. The van der Waals surface area contributed by atoms with Gasteiger partial charge in [-0.15, -0.1) is 0 Å². The molecule has 0 aliphatic carbocycles. The Morgan fingerprint density at radius 1 is 0.906 bits per heavy atom. The number of hydrogen-bond acceptors (Lipinski definition) is 3. The second kappa shape index (κ2) is 8.67. The first kappa shape index (κ1) is 21.3. The van der Waals surface area contributed by atoms with E-state index in [2.05, 4.69) is 10.6 Å². The lowest BCUT2D eigenvalue weighted by molar-refractivity contribution is -0.135. The van der Waals surface area contributed by atoms with Gasteiger partial charge in [-0.25, -0.2) is 4.79 Å². The highest BCUT2D eigenvalue weighted by atomic mass is 16.2. The molecule has 1 aliphatic rings. The number of benzene rings is 3. The molecule has 1 heterocycles. The molecule has 0 bridgehead atoms. The van der Waals surface area contributed by atoms with Crippen LogP contribution in [0.5, 0.6) is 0 Å². The first-order valence-corrected chi connectivity index (χ1v) is 10.5. The van der Waals surface area contributed by atoms with Crippen molar-refractivity contribution in [1.29, 1.82) is 0 Å². The zero-order valence-electron chi connectivity index (χ0n) is 18.0. The molecule has 1 saturated heterocycles. The number of hydrogen-bond donors (Lipinski definition) is 2. The third kappa shape index (κ3) is 4.12. The van der Waals surface area contributed by atoms with Crippen LogP contribution in [0.3, 0.4) is 0 Å². The predicted octanol–water partition coefficient (Wildman–Crippen LogP) is 3.67. The van der Waals surface area contributed by atoms with E-state index in [1.807, 2.05) is 91.9 Å². The van der Waals surface area contributed by atoms with E-state index >= 15 is 0 Å². The fourth-order valence-corrected chi connectivity index (χ4v) is 3.92. The lowest BCUT2D eigenvalue weighted by Crippen LogP contribution is -2.44. The number of aryl methyl sites for hydroxylation is 1. The zero-order valence-corrected chi connectivity index (χ0v) is 18.0.